The van der Waals surface area contributed by atoms with Crippen LogP contribution in [-0.4, -0.2) is 33.8 Å². The minimum atomic E-state index is -0.166. The molecule has 20 heavy (non-hydrogen) atoms. The Kier molecular flexibility index (Phi) is 4.70. The lowest BCUT2D eigenvalue weighted by atomic mass is 10.3. The third-order valence-corrected chi connectivity index (χ3v) is 2.78. The molecule has 6 heteroatoms. The second-order valence-electron chi connectivity index (χ2n) is 4.43. The van der Waals surface area contributed by atoms with Crippen molar-refractivity contribution in [2.24, 2.45) is 7.05 Å². The number of anilines is 1. The molecular weight excluding hydrogens is 254 g/mol. The zero-order valence-electron chi connectivity index (χ0n) is 11.8. The van der Waals surface area contributed by atoms with E-state index in [0.717, 1.165) is 12.2 Å². The molecule has 0 unspecified atom stereocenters. The van der Waals surface area contributed by atoms with Gasteiger partial charge in [0.15, 0.2) is 0 Å². The lowest BCUT2D eigenvalue weighted by Gasteiger charge is -2.06. The summed E-state index contributed by atoms with van der Waals surface area (Å²) in [5.41, 5.74) is 1.38. The number of hydrogen-bond acceptors (Lipinski definition) is 4. The minimum absolute atomic E-state index is 0.166. The fourth-order valence-electron chi connectivity index (χ4n) is 1.83. The Bertz CT molecular complexity index is 578. The van der Waals surface area contributed by atoms with Gasteiger partial charge in [0.1, 0.15) is 11.5 Å². The maximum atomic E-state index is 12.0. The number of aryl methyl sites for hydroxylation is 1. The molecule has 2 N–H and O–H groups in total. The molecule has 1 amide bonds. The van der Waals surface area contributed by atoms with E-state index in [1.54, 1.807) is 10.7 Å². The summed E-state index contributed by atoms with van der Waals surface area (Å²) in [5, 5.41) is 10.2. The molecule has 2 aromatic heterocycles. The van der Waals surface area contributed by atoms with Crippen LogP contribution in [0.25, 0.3) is 0 Å². The molecule has 0 saturated carbocycles. The van der Waals surface area contributed by atoms with E-state index in [2.05, 4.69) is 20.7 Å². The first-order valence-electron chi connectivity index (χ1n) is 6.66. The van der Waals surface area contributed by atoms with E-state index in [0.29, 0.717) is 24.5 Å². The molecule has 2 heterocycles. The molecule has 0 atom stereocenters. The lowest BCUT2D eigenvalue weighted by Crippen LogP contribution is -2.26. The molecule has 0 aliphatic rings. The van der Waals surface area contributed by atoms with Gasteiger partial charge in [0.05, 0.1) is 5.69 Å². The zero-order chi connectivity index (χ0) is 14.4. The van der Waals surface area contributed by atoms with E-state index in [-0.39, 0.29) is 5.91 Å². The number of nitrogens with zero attached hydrogens (tertiary/aromatic N) is 3. The molecule has 2 rings (SSSR count). The Labute approximate surface area is 118 Å². The second kappa shape index (κ2) is 6.70. The molecule has 106 valence electrons. The highest BCUT2D eigenvalue weighted by Crippen LogP contribution is 2.04. The van der Waals surface area contributed by atoms with E-state index < -0.39 is 0 Å². The van der Waals surface area contributed by atoms with Crippen LogP contribution in [0, 0.1) is 0 Å². The van der Waals surface area contributed by atoms with Gasteiger partial charge in [-0.05, 0) is 25.1 Å². The predicted octanol–water partition coefficient (Wildman–Crippen LogP) is 1.22. The number of carbonyl (C=O) groups is 1. The van der Waals surface area contributed by atoms with Gasteiger partial charge in [-0.3, -0.25) is 9.48 Å². The van der Waals surface area contributed by atoms with Gasteiger partial charge in [-0.25, -0.2) is 4.98 Å². The topological polar surface area (TPSA) is 71.8 Å². The maximum Gasteiger partial charge on any atom is 0.269 e. The molecule has 0 fully saturated rings. The first-order chi connectivity index (χ1) is 9.69. The van der Waals surface area contributed by atoms with Crippen molar-refractivity contribution in [3.8, 4) is 0 Å². The summed E-state index contributed by atoms with van der Waals surface area (Å²) < 4.78 is 1.75. The molecule has 0 aliphatic heterocycles. The summed E-state index contributed by atoms with van der Waals surface area (Å²) in [6.07, 6.45) is 2.60. The van der Waals surface area contributed by atoms with E-state index in [1.165, 1.54) is 0 Å². The lowest BCUT2D eigenvalue weighted by molar-refractivity contribution is 0.0949. The SMILES string of the molecule is CCNc1cccc(C(=O)NCCc2ccn(C)n2)n1. The smallest absolute Gasteiger partial charge is 0.269 e. The fraction of sp³-hybridized carbons (Fsp3) is 0.357. The Hall–Kier alpha value is -2.37. The molecule has 6 nitrogen and oxygen atoms in total. The molecular formula is C14H19N5O. The van der Waals surface area contributed by atoms with Gasteiger partial charge < -0.3 is 10.6 Å². The van der Waals surface area contributed by atoms with Gasteiger partial charge in [0, 0.05) is 32.8 Å². The molecule has 2 aromatic rings. The van der Waals surface area contributed by atoms with Gasteiger partial charge in [-0.2, -0.15) is 5.10 Å². The number of pyridine rings is 1. The summed E-state index contributed by atoms with van der Waals surface area (Å²) in [5.74, 6) is 0.547. The highest BCUT2D eigenvalue weighted by molar-refractivity contribution is 5.92. The molecule has 0 spiro atoms. The van der Waals surface area contributed by atoms with E-state index in [9.17, 15) is 4.79 Å². The van der Waals surface area contributed by atoms with Gasteiger partial charge in [0.25, 0.3) is 5.91 Å². The normalized spacial score (nSPS) is 10.3. The van der Waals surface area contributed by atoms with Crippen LogP contribution in [0.2, 0.25) is 0 Å². The predicted molar refractivity (Wildman–Crippen MR) is 77.6 cm³/mol. The molecule has 0 aromatic carbocycles. The van der Waals surface area contributed by atoms with Crippen molar-refractivity contribution in [3.63, 3.8) is 0 Å². The van der Waals surface area contributed by atoms with Crippen molar-refractivity contribution in [3.05, 3.63) is 41.9 Å². The van der Waals surface area contributed by atoms with Crippen LogP contribution in [0.15, 0.2) is 30.5 Å². The number of nitrogens with one attached hydrogen (secondary N) is 2. The number of rotatable bonds is 6. The van der Waals surface area contributed by atoms with Crippen molar-refractivity contribution in [1.82, 2.24) is 20.1 Å². The minimum Gasteiger partial charge on any atom is -0.370 e. The molecule has 0 radical (unpaired) electrons. The van der Waals surface area contributed by atoms with Crippen LogP contribution < -0.4 is 10.6 Å². The third kappa shape index (κ3) is 3.81. The fourth-order valence-corrected chi connectivity index (χ4v) is 1.83. The summed E-state index contributed by atoms with van der Waals surface area (Å²) in [6.45, 7) is 3.31. The molecule has 0 aliphatic carbocycles. The van der Waals surface area contributed by atoms with Crippen molar-refractivity contribution in [1.29, 1.82) is 0 Å². The van der Waals surface area contributed by atoms with E-state index >= 15 is 0 Å². The summed E-state index contributed by atoms with van der Waals surface area (Å²) in [7, 11) is 1.87. The van der Waals surface area contributed by atoms with Crippen LogP contribution in [0.1, 0.15) is 23.1 Å². The van der Waals surface area contributed by atoms with Gasteiger partial charge in [-0.1, -0.05) is 6.07 Å². The number of aromatic nitrogens is 3. The Morgan fingerprint density at radius 1 is 1.35 bits per heavy atom. The van der Waals surface area contributed by atoms with Crippen LogP contribution in [0.5, 0.6) is 0 Å². The van der Waals surface area contributed by atoms with Crippen molar-refractivity contribution in [2.75, 3.05) is 18.4 Å². The van der Waals surface area contributed by atoms with Gasteiger partial charge in [-0.15, -0.1) is 0 Å². The molecule has 0 saturated heterocycles. The second-order valence-corrected chi connectivity index (χ2v) is 4.43. The van der Waals surface area contributed by atoms with Crippen molar-refractivity contribution >= 4 is 11.7 Å². The zero-order valence-corrected chi connectivity index (χ0v) is 11.8. The van der Waals surface area contributed by atoms with Crippen LogP contribution in [-0.2, 0) is 13.5 Å². The Balaban J connectivity index is 1.86. The van der Waals surface area contributed by atoms with E-state index in [1.807, 2.05) is 38.4 Å². The summed E-state index contributed by atoms with van der Waals surface area (Å²) in [6, 6.07) is 7.31. The molecule has 0 bridgehead atoms. The monoisotopic (exact) mass is 273 g/mol. The van der Waals surface area contributed by atoms with Crippen LogP contribution in [0.3, 0.4) is 0 Å². The number of carbonyl (C=O) groups excluding carboxylic acids is 1. The highest BCUT2D eigenvalue weighted by Gasteiger charge is 2.07. The van der Waals surface area contributed by atoms with Crippen molar-refractivity contribution in [2.45, 2.75) is 13.3 Å². The Morgan fingerprint density at radius 3 is 2.90 bits per heavy atom. The average Bonchev–Trinajstić information content (AvgIpc) is 2.85. The van der Waals surface area contributed by atoms with Crippen LogP contribution >= 0.6 is 0 Å². The largest absolute Gasteiger partial charge is 0.370 e. The third-order valence-electron chi connectivity index (χ3n) is 2.78. The van der Waals surface area contributed by atoms with E-state index in [4.69, 9.17) is 0 Å². The maximum absolute atomic E-state index is 12.0. The van der Waals surface area contributed by atoms with Gasteiger partial charge >= 0.3 is 0 Å². The van der Waals surface area contributed by atoms with Crippen LogP contribution in [0.4, 0.5) is 5.82 Å². The standard InChI is InChI=1S/C14H19N5O/c1-3-15-13-6-4-5-12(17-13)14(20)16-9-7-11-8-10-19(2)18-11/h4-6,8,10H,3,7,9H2,1-2H3,(H,15,17)(H,16,20). The Morgan fingerprint density at radius 2 is 2.20 bits per heavy atom. The average molecular weight is 273 g/mol. The van der Waals surface area contributed by atoms with Crippen molar-refractivity contribution < 1.29 is 4.79 Å². The first kappa shape index (κ1) is 14.0. The number of amides is 1. The quantitative estimate of drug-likeness (QED) is 0.830. The summed E-state index contributed by atoms with van der Waals surface area (Å²) in [4.78, 5) is 16.2. The first-order valence-corrected chi connectivity index (χ1v) is 6.66. The number of hydrogen-bond donors (Lipinski definition) is 2. The summed E-state index contributed by atoms with van der Waals surface area (Å²) >= 11 is 0. The highest BCUT2D eigenvalue weighted by atomic mass is 16.1. The van der Waals surface area contributed by atoms with Gasteiger partial charge in [0.2, 0.25) is 0 Å².